The summed E-state index contributed by atoms with van der Waals surface area (Å²) in [4.78, 5) is 14.9. The SMILES string of the molecule is COc1ccc(CN(C(=O)c2cc(Cl)ccc2OC)C2CC2)cc1. The standard InChI is InChI=1S/C19H20ClNO3/c1-23-16-8-3-13(4-9-16)12-21(15-6-7-15)19(22)17-11-14(20)5-10-18(17)24-2/h3-5,8-11,15H,6-7,12H2,1-2H3. The van der Waals surface area contributed by atoms with Crippen molar-refractivity contribution < 1.29 is 14.3 Å². The summed E-state index contributed by atoms with van der Waals surface area (Å²) in [6.07, 6.45) is 2.07. The maximum absolute atomic E-state index is 13.0. The minimum Gasteiger partial charge on any atom is -0.497 e. The number of carbonyl (C=O) groups is 1. The van der Waals surface area contributed by atoms with Crippen LogP contribution in [0.4, 0.5) is 0 Å². The van der Waals surface area contributed by atoms with Crippen LogP contribution < -0.4 is 9.47 Å². The van der Waals surface area contributed by atoms with Gasteiger partial charge < -0.3 is 14.4 Å². The van der Waals surface area contributed by atoms with Crippen LogP contribution in [-0.2, 0) is 6.54 Å². The molecule has 0 aromatic heterocycles. The molecular formula is C19H20ClNO3. The van der Waals surface area contributed by atoms with Gasteiger partial charge in [-0.2, -0.15) is 0 Å². The second-order valence-electron chi connectivity index (χ2n) is 5.86. The number of methoxy groups -OCH3 is 2. The normalized spacial score (nSPS) is 13.5. The van der Waals surface area contributed by atoms with Crippen LogP contribution in [0, 0.1) is 0 Å². The lowest BCUT2D eigenvalue weighted by Crippen LogP contribution is -2.32. The van der Waals surface area contributed by atoms with Gasteiger partial charge in [0, 0.05) is 17.6 Å². The summed E-state index contributed by atoms with van der Waals surface area (Å²) in [5.74, 6) is 1.30. The van der Waals surface area contributed by atoms with Crippen LogP contribution in [0.25, 0.3) is 0 Å². The van der Waals surface area contributed by atoms with Gasteiger partial charge in [-0.1, -0.05) is 23.7 Å². The van der Waals surface area contributed by atoms with E-state index < -0.39 is 0 Å². The van der Waals surface area contributed by atoms with Crippen molar-refractivity contribution in [2.24, 2.45) is 0 Å². The molecule has 24 heavy (non-hydrogen) atoms. The van der Waals surface area contributed by atoms with Gasteiger partial charge >= 0.3 is 0 Å². The number of hydrogen-bond donors (Lipinski definition) is 0. The molecule has 0 radical (unpaired) electrons. The average molecular weight is 346 g/mol. The van der Waals surface area contributed by atoms with E-state index in [0.717, 1.165) is 24.2 Å². The Labute approximate surface area is 146 Å². The molecule has 1 aliphatic carbocycles. The van der Waals surface area contributed by atoms with Crippen LogP contribution in [0.3, 0.4) is 0 Å². The molecule has 0 spiro atoms. The van der Waals surface area contributed by atoms with E-state index in [-0.39, 0.29) is 11.9 Å². The fourth-order valence-electron chi connectivity index (χ4n) is 2.68. The highest BCUT2D eigenvalue weighted by Crippen LogP contribution is 2.32. The summed E-state index contributed by atoms with van der Waals surface area (Å²) in [7, 11) is 3.20. The molecule has 3 rings (SSSR count). The number of carbonyl (C=O) groups excluding carboxylic acids is 1. The van der Waals surface area contributed by atoms with E-state index in [1.807, 2.05) is 29.2 Å². The third-order valence-corrected chi connectivity index (χ3v) is 4.39. The van der Waals surface area contributed by atoms with Gasteiger partial charge in [-0.25, -0.2) is 0 Å². The Hall–Kier alpha value is -2.20. The summed E-state index contributed by atoms with van der Waals surface area (Å²) in [6, 6.07) is 13.2. The van der Waals surface area contributed by atoms with Gasteiger partial charge in [-0.05, 0) is 48.7 Å². The van der Waals surface area contributed by atoms with Gasteiger partial charge in [0.1, 0.15) is 11.5 Å². The van der Waals surface area contributed by atoms with Crippen molar-refractivity contribution in [1.29, 1.82) is 0 Å². The molecule has 0 unspecified atom stereocenters. The molecule has 0 aliphatic heterocycles. The molecule has 2 aromatic rings. The van der Waals surface area contributed by atoms with E-state index in [4.69, 9.17) is 21.1 Å². The van der Waals surface area contributed by atoms with Gasteiger partial charge in [0.2, 0.25) is 0 Å². The first-order valence-electron chi connectivity index (χ1n) is 7.90. The smallest absolute Gasteiger partial charge is 0.258 e. The first-order chi connectivity index (χ1) is 11.6. The molecular weight excluding hydrogens is 326 g/mol. The molecule has 2 aromatic carbocycles. The Kier molecular flexibility index (Phi) is 4.95. The van der Waals surface area contributed by atoms with Crippen molar-refractivity contribution >= 4 is 17.5 Å². The number of ether oxygens (including phenoxy) is 2. The van der Waals surface area contributed by atoms with E-state index >= 15 is 0 Å². The van der Waals surface area contributed by atoms with Crippen LogP contribution in [0.15, 0.2) is 42.5 Å². The topological polar surface area (TPSA) is 38.8 Å². The molecule has 0 saturated heterocycles. The second-order valence-corrected chi connectivity index (χ2v) is 6.29. The van der Waals surface area contributed by atoms with Crippen molar-refractivity contribution in [2.75, 3.05) is 14.2 Å². The Morgan fingerprint density at radius 3 is 2.42 bits per heavy atom. The quantitative estimate of drug-likeness (QED) is 0.789. The fourth-order valence-corrected chi connectivity index (χ4v) is 2.85. The van der Waals surface area contributed by atoms with Gasteiger partial charge in [0.05, 0.1) is 19.8 Å². The van der Waals surface area contributed by atoms with Crippen LogP contribution >= 0.6 is 11.6 Å². The maximum atomic E-state index is 13.0. The molecule has 5 heteroatoms. The molecule has 0 N–H and O–H groups in total. The summed E-state index contributed by atoms with van der Waals surface area (Å²) in [6.45, 7) is 0.559. The van der Waals surface area contributed by atoms with Crippen LogP contribution in [-0.4, -0.2) is 31.1 Å². The minimum absolute atomic E-state index is 0.0485. The molecule has 4 nitrogen and oxygen atoms in total. The molecule has 0 bridgehead atoms. The lowest BCUT2D eigenvalue weighted by Gasteiger charge is -2.24. The number of hydrogen-bond acceptors (Lipinski definition) is 3. The fraction of sp³-hybridized carbons (Fsp3) is 0.316. The highest BCUT2D eigenvalue weighted by Gasteiger charge is 2.34. The molecule has 1 aliphatic rings. The van der Waals surface area contributed by atoms with Gasteiger partial charge in [-0.3, -0.25) is 4.79 Å². The van der Waals surface area contributed by atoms with Gasteiger partial charge in [-0.15, -0.1) is 0 Å². The Bertz CT molecular complexity index is 726. The monoisotopic (exact) mass is 345 g/mol. The van der Waals surface area contributed by atoms with Crippen molar-refractivity contribution in [3.8, 4) is 11.5 Å². The first kappa shape index (κ1) is 16.7. The number of rotatable bonds is 6. The van der Waals surface area contributed by atoms with E-state index in [1.165, 1.54) is 0 Å². The molecule has 1 fully saturated rings. The van der Waals surface area contributed by atoms with E-state index in [0.29, 0.717) is 22.9 Å². The van der Waals surface area contributed by atoms with E-state index in [9.17, 15) is 4.79 Å². The van der Waals surface area contributed by atoms with Crippen molar-refractivity contribution in [3.05, 3.63) is 58.6 Å². The predicted octanol–water partition coefficient (Wildman–Crippen LogP) is 4.16. The molecule has 126 valence electrons. The Morgan fingerprint density at radius 1 is 1.12 bits per heavy atom. The van der Waals surface area contributed by atoms with Crippen molar-refractivity contribution in [2.45, 2.75) is 25.4 Å². The zero-order valence-corrected chi connectivity index (χ0v) is 14.5. The number of benzene rings is 2. The summed E-state index contributed by atoms with van der Waals surface area (Å²) < 4.78 is 10.5. The number of amides is 1. The molecule has 1 amide bonds. The summed E-state index contributed by atoms with van der Waals surface area (Å²) >= 11 is 6.07. The van der Waals surface area contributed by atoms with Crippen LogP contribution in [0.5, 0.6) is 11.5 Å². The minimum atomic E-state index is -0.0485. The molecule has 1 saturated carbocycles. The zero-order chi connectivity index (χ0) is 17.1. The third-order valence-electron chi connectivity index (χ3n) is 4.15. The van der Waals surface area contributed by atoms with Crippen molar-refractivity contribution in [1.82, 2.24) is 4.90 Å². The van der Waals surface area contributed by atoms with Gasteiger partial charge in [0.25, 0.3) is 5.91 Å². The Morgan fingerprint density at radius 2 is 1.83 bits per heavy atom. The van der Waals surface area contributed by atoms with E-state index in [1.54, 1.807) is 32.4 Å². The highest BCUT2D eigenvalue weighted by atomic mass is 35.5. The van der Waals surface area contributed by atoms with E-state index in [2.05, 4.69) is 0 Å². The van der Waals surface area contributed by atoms with Crippen LogP contribution in [0.1, 0.15) is 28.8 Å². The zero-order valence-electron chi connectivity index (χ0n) is 13.8. The lowest BCUT2D eigenvalue weighted by atomic mass is 10.1. The number of halogens is 1. The highest BCUT2D eigenvalue weighted by molar-refractivity contribution is 6.31. The maximum Gasteiger partial charge on any atom is 0.258 e. The predicted molar refractivity (Wildman–Crippen MR) is 93.9 cm³/mol. The largest absolute Gasteiger partial charge is 0.497 e. The number of nitrogens with zero attached hydrogens (tertiary/aromatic N) is 1. The second kappa shape index (κ2) is 7.14. The lowest BCUT2D eigenvalue weighted by molar-refractivity contribution is 0.0726. The Balaban J connectivity index is 1.85. The third kappa shape index (κ3) is 3.65. The first-order valence-corrected chi connectivity index (χ1v) is 8.27. The molecule has 0 atom stereocenters. The van der Waals surface area contributed by atoms with Crippen LogP contribution in [0.2, 0.25) is 5.02 Å². The average Bonchev–Trinajstić information content (AvgIpc) is 3.44. The molecule has 0 heterocycles. The van der Waals surface area contributed by atoms with Crippen molar-refractivity contribution in [3.63, 3.8) is 0 Å². The summed E-state index contributed by atoms with van der Waals surface area (Å²) in [5.41, 5.74) is 1.57. The summed E-state index contributed by atoms with van der Waals surface area (Å²) in [5, 5.41) is 0.527. The van der Waals surface area contributed by atoms with Gasteiger partial charge in [0.15, 0.2) is 0 Å².